The third-order valence-corrected chi connectivity index (χ3v) is 4.46. The molecule has 1 amide bonds. The number of para-hydroxylation sites is 1. The molecule has 1 fully saturated rings. The lowest BCUT2D eigenvalue weighted by atomic mass is 9.77. The van der Waals surface area contributed by atoms with E-state index in [9.17, 15) is 23.1 Å². The van der Waals surface area contributed by atoms with Gasteiger partial charge < -0.3 is 15.2 Å². The fourth-order valence-corrected chi connectivity index (χ4v) is 3.07. The van der Waals surface area contributed by atoms with Gasteiger partial charge in [0, 0.05) is 13.0 Å². The average molecular weight is 359 g/mol. The third-order valence-electron chi connectivity index (χ3n) is 4.46. The van der Waals surface area contributed by atoms with Crippen molar-refractivity contribution in [2.75, 3.05) is 13.2 Å². The van der Waals surface area contributed by atoms with Gasteiger partial charge in [0.25, 0.3) is 0 Å². The number of nitrogens with one attached hydrogen (secondary N) is 1. The summed E-state index contributed by atoms with van der Waals surface area (Å²) in [5.41, 5.74) is -1.48. The molecule has 1 saturated carbocycles. The van der Waals surface area contributed by atoms with Gasteiger partial charge in [-0.05, 0) is 44.2 Å². The topological polar surface area (TPSA) is 58.6 Å². The Morgan fingerprint density at radius 3 is 2.72 bits per heavy atom. The van der Waals surface area contributed by atoms with Crippen LogP contribution >= 0.6 is 0 Å². The highest BCUT2D eigenvalue weighted by molar-refractivity contribution is 5.75. The van der Waals surface area contributed by atoms with Crippen LogP contribution in [-0.4, -0.2) is 35.9 Å². The van der Waals surface area contributed by atoms with Gasteiger partial charge in [0.05, 0.1) is 18.1 Å². The summed E-state index contributed by atoms with van der Waals surface area (Å²) in [6, 6.07) is 9.20. The molecule has 0 radical (unpaired) electrons. The van der Waals surface area contributed by atoms with E-state index in [1.807, 2.05) is 30.3 Å². The normalized spacial score (nSPS) is 23.9. The molecule has 0 saturated heterocycles. The van der Waals surface area contributed by atoms with Gasteiger partial charge in [-0.1, -0.05) is 18.2 Å². The number of benzene rings is 1. The predicted octanol–water partition coefficient (Wildman–Crippen LogP) is 3.45. The summed E-state index contributed by atoms with van der Waals surface area (Å²) in [6.45, 7) is 0.232. The van der Waals surface area contributed by atoms with E-state index in [-0.39, 0.29) is 38.1 Å². The second kappa shape index (κ2) is 8.56. The molecule has 0 heterocycles. The van der Waals surface area contributed by atoms with E-state index in [4.69, 9.17) is 4.74 Å². The summed E-state index contributed by atoms with van der Waals surface area (Å²) < 4.78 is 43.9. The summed E-state index contributed by atoms with van der Waals surface area (Å²) in [5.74, 6) is -1.07. The average Bonchev–Trinajstić information content (AvgIpc) is 2.57. The van der Waals surface area contributed by atoms with E-state index in [2.05, 4.69) is 5.32 Å². The molecule has 0 aliphatic heterocycles. The molecule has 2 atom stereocenters. The number of aliphatic hydroxyl groups is 1. The van der Waals surface area contributed by atoms with Crippen LogP contribution in [0.5, 0.6) is 5.75 Å². The highest BCUT2D eigenvalue weighted by atomic mass is 19.4. The number of hydrogen-bond donors (Lipinski definition) is 2. The summed E-state index contributed by atoms with van der Waals surface area (Å²) in [6.07, 6.45) is -3.34. The van der Waals surface area contributed by atoms with Crippen LogP contribution in [0.2, 0.25) is 0 Å². The van der Waals surface area contributed by atoms with Crippen molar-refractivity contribution in [1.29, 1.82) is 0 Å². The lowest BCUT2D eigenvalue weighted by molar-refractivity contribution is -0.199. The van der Waals surface area contributed by atoms with E-state index >= 15 is 0 Å². The van der Waals surface area contributed by atoms with Gasteiger partial charge in [-0.15, -0.1) is 0 Å². The van der Waals surface area contributed by atoms with Crippen LogP contribution in [0, 0.1) is 5.92 Å². The Labute approximate surface area is 145 Å². The summed E-state index contributed by atoms with van der Waals surface area (Å²) in [7, 11) is 0. The quantitative estimate of drug-likeness (QED) is 0.733. The van der Waals surface area contributed by atoms with Crippen LogP contribution in [0.15, 0.2) is 30.3 Å². The maximum absolute atomic E-state index is 12.8. The van der Waals surface area contributed by atoms with Crippen molar-refractivity contribution < 1.29 is 27.8 Å². The number of carbonyl (C=O) groups excluding carboxylic acids is 1. The molecular weight excluding hydrogens is 335 g/mol. The number of rotatable bonds is 7. The second-order valence-electron chi connectivity index (χ2n) is 6.60. The zero-order chi connectivity index (χ0) is 18.3. The van der Waals surface area contributed by atoms with Crippen LogP contribution in [0.3, 0.4) is 0 Å². The molecule has 140 valence electrons. The first-order chi connectivity index (χ1) is 11.8. The molecule has 2 N–H and O–H groups in total. The smallest absolute Gasteiger partial charge is 0.391 e. The molecule has 2 rings (SSSR count). The maximum Gasteiger partial charge on any atom is 0.391 e. The number of hydrogen-bond acceptors (Lipinski definition) is 3. The van der Waals surface area contributed by atoms with Gasteiger partial charge in [0.2, 0.25) is 5.91 Å². The van der Waals surface area contributed by atoms with E-state index in [1.165, 1.54) is 0 Å². The van der Waals surface area contributed by atoms with E-state index in [0.29, 0.717) is 19.4 Å². The Bertz CT molecular complexity index is 550. The number of halogens is 3. The number of ether oxygens (including phenoxy) is 1. The van der Waals surface area contributed by atoms with Gasteiger partial charge in [-0.25, -0.2) is 0 Å². The van der Waals surface area contributed by atoms with Gasteiger partial charge in [0.1, 0.15) is 5.75 Å². The van der Waals surface area contributed by atoms with E-state index in [0.717, 1.165) is 5.75 Å². The first-order valence-corrected chi connectivity index (χ1v) is 8.52. The molecule has 1 aliphatic carbocycles. The standard InChI is InChI=1S/C18H24F3NO3/c19-18(20,21)14-6-4-10-17(24,12-14)13-22-16(23)9-5-11-25-15-7-2-1-3-8-15/h1-3,7-8,14,24H,4-6,9-13H2,(H,22,23)/t14-,17+/m1/s1. The molecule has 0 aromatic heterocycles. The molecule has 0 spiro atoms. The summed E-state index contributed by atoms with van der Waals surface area (Å²) >= 11 is 0. The van der Waals surface area contributed by atoms with Gasteiger partial charge in [-0.2, -0.15) is 13.2 Å². The van der Waals surface area contributed by atoms with Crippen molar-refractivity contribution in [1.82, 2.24) is 5.32 Å². The van der Waals surface area contributed by atoms with Gasteiger partial charge >= 0.3 is 6.18 Å². The zero-order valence-corrected chi connectivity index (χ0v) is 14.0. The lowest BCUT2D eigenvalue weighted by Crippen LogP contribution is -2.48. The minimum Gasteiger partial charge on any atom is -0.494 e. The Hall–Kier alpha value is -1.76. The monoisotopic (exact) mass is 359 g/mol. The Kier molecular flexibility index (Phi) is 6.70. The molecule has 1 aromatic carbocycles. The molecule has 0 bridgehead atoms. The van der Waals surface area contributed by atoms with Crippen molar-refractivity contribution in [3.63, 3.8) is 0 Å². The molecule has 25 heavy (non-hydrogen) atoms. The Balaban J connectivity index is 1.67. The fourth-order valence-electron chi connectivity index (χ4n) is 3.07. The number of carbonyl (C=O) groups is 1. The van der Waals surface area contributed by atoms with Crippen LogP contribution in [0.25, 0.3) is 0 Å². The largest absolute Gasteiger partial charge is 0.494 e. The molecule has 1 aromatic rings. The van der Waals surface area contributed by atoms with Crippen molar-refractivity contribution in [2.45, 2.75) is 50.3 Å². The molecule has 4 nitrogen and oxygen atoms in total. The van der Waals surface area contributed by atoms with E-state index in [1.54, 1.807) is 0 Å². The molecule has 0 unspecified atom stereocenters. The lowest BCUT2D eigenvalue weighted by Gasteiger charge is -2.37. The minimum absolute atomic E-state index is 0.0383. The number of amides is 1. The highest BCUT2D eigenvalue weighted by Crippen LogP contribution is 2.41. The first-order valence-electron chi connectivity index (χ1n) is 8.52. The number of alkyl halides is 3. The minimum atomic E-state index is -4.30. The van der Waals surface area contributed by atoms with Gasteiger partial charge in [0.15, 0.2) is 0 Å². The molecular formula is C18H24F3NO3. The van der Waals surface area contributed by atoms with Crippen LogP contribution < -0.4 is 10.1 Å². The zero-order valence-electron chi connectivity index (χ0n) is 14.0. The summed E-state index contributed by atoms with van der Waals surface area (Å²) in [4.78, 5) is 11.8. The molecule has 7 heteroatoms. The fraction of sp³-hybridized carbons (Fsp3) is 0.611. The Morgan fingerprint density at radius 1 is 1.32 bits per heavy atom. The SMILES string of the molecule is O=C(CCCOc1ccccc1)NC[C@]1(O)CCC[C@@H](C(F)(F)F)C1. The first kappa shape index (κ1) is 19.6. The third kappa shape index (κ3) is 6.57. The Morgan fingerprint density at radius 2 is 2.04 bits per heavy atom. The molecule has 1 aliphatic rings. The summed E-state index contributed by atoms with van der Waals surface area (Å²) in [5, 5.41) is 12.9. The van der Waals surface area contributed by atoms with Gasteiger partial charge in [-0.3, -0.25) is 4.79 Å². The second-order valence-corrected chi connectivity index (χ2v) is 6.60. The van der Waals surface area contributed by atoms with Crippen molar-refractivity contribution in [2.24, 2.45) is 5.92 Å². The maximum atomic E-state index is 12.8. The van der Waals surface area contributed by atoms with Crippen molar-refractivity contribution >= 4 is 5.91 Å². The van der Waals surface area contributed by atoms with Crippen LogP contribution in [0.4, 0.5) is 13.2 Å². The predicted molar refractivity (Wildman–Crippen MR) is 87.1 cm³/mol. The van der Waals surface area contributed by atoms with Crippen molar-refractivity contribution in [3.8, 4) is 5.75 Å². The van der Waals surface area contributed by atoms with Crippen LogP contribution in [0.1, 0.15) is 38.5 Å². The highest BCUT2D eigenvalue weighted by Gasteiger charge is 2.46. The van der Waals surface area contributed by atoms with Crippen molar-refractivity contribution in [3.05, 3.63) is 30.3 Å². The van der Waals surface area contributed by atoms with Crippen LogP contribution in [-0.2, 0) is 4.79 Å². The van der Waals surface area contributed by atoms with E-state index < -0.39 is 17.7 Å².